The van der Waals surface area contributed by atoms with Gasteiger partial charge in [0.1, 0.15) is 42.3 Å². The summed E-state index contributed by atoms with van der Waals surface area (Å²) in [5, 5.41) is 42.6. The van der Waals surface area contributed by atoms with Crippen LogP contribution in [0.5, 0.6) is 0 Å². The lowest BCUT2D eigenvalue weighted by Gasteiger charge is -2.32. The highest BCUT2D eigenvalue weighted by atomic mass is 16.4. The smallest absolute Gasteiger partial charge is 0.326 e. The molecule has 1 fully saturated rings. The lowest BCUT2D eigenvalue weighted by molar-refractivity contribution is -0.144. The van der Waals surface area contributed by atoms with E-state index < -0.39 is 170 Å². The van der Waals surface area contributed by atoms with E-state index in [0.717, 1.165) is 4.90 Å². The average Bonchev–Trinajstić information content (AvgIpc) is 3.73. The number of aliphatic hydroxyl groups is 1. The fourth-order valence-electron chi connectivity index (χ4n) is 6.48. The lowest BCUT2D eigenvalue weighted by atomic mass is 9.96. The first-order valence-corrected chi connectivity index (χ1v) is 21.1. The van der Waals surface area contributed by atoms with E-state index >= 15 is 0 Å². The van der Waals surface area contributed by atoms with Crippen LogP contribution in [0.1, 0.15) is 98.3 Å². The minimum absolute atomic E-state index is 0.00388. The van der Waals surface area contributed by atoms with E-state index in [0.29, 0.717) is 0 Å². The molecule has 0 aromatic heterocycles. The third-order valence-electron chi connectivity index (χ3n) is 10.6. The summed E-state index contributed by atoms with van der Waals surface area (Å²) in [4.78, 5) is 154. The van der Waals surface area contributed by atoms with Crippen LogP contribution < -0.4 is 54.8 Å². The molecule has 0 unspecified atom stereocenters. The first-order valence-electron chi connectivity index (χ1n) is 21.1. The van der Waals surface area contributed by atoms with Crippen molar-refractivity contribution in [2.75, 3.05) is 13.2 Å². The van der Waals surface area contributed by atoms with Crippen LogP contribution in [-0.4, -0.2) is 153 Å². The fourth-order valence-corrected chi connectivity index (χ4v) is 6.48. The van der Waals surface area contributed by atoms with Gasteiger partial charge in [-0.3, -0.25) is 52.7 Å². The van der Waals surface area contributed by atoms with Gasteiger partial charge in [-0.1, -0.05) is 34.1 Å². The molecule has 366 valence electrons. The average molecular weight is 928 g/mol. The van der Waals surface area contributed by atoms with Crippen LogP contribution >= 0.6 is 0 Å². The predicted octanol–water partition coefficient (Wildman–Crippen LogP) is -5.35. The van der Waals surface area contributed by atoms with Gasteiger partial charge in [0.05, 0.1) is 12.6 Å². The van der Waals surface area contributed by atoms with Gasteiger partial charge in [-0.2, -0.15) is 0 Å². The van der Waals surface area contributed by atoms with E-state index in [4.69, 9.17) is 28.0 Å². The largest absolute Gasteiger partial charge is 0.481 e. The number of nitrogens with one attached hydrogen (secondary N) is 6. The second-order valence-electron chi connectivity index (χ2n) is 16.1. The van der Waals surface area contributed by atoms with Gasteiger partial charge >= 0.3 is 11.9 Å². The zero-order valence-corrected chi connectivity index (χ0v) is 37.0. The third kappa shape index (κ3) is 19.5. The number of carbonyl (C=O) groups excluding carboxylic acids is 10. The highest BCUT2D eigenvalue weighted by molar-refractivity contribution is 5.98. The van der Waals surface area contributed by atoms with Crippen LogP contribution in [0, 0.1) is 11.8 Å². The molecule has 26 heteroatoms. The van der Waals surface area contributed by atoms with Gasteiger partial charge in [-0.25, -0.2) is 4.79 Å². The van der Waals surface area contributed by atoms with E-state index in [1.807, 2.05) is 0 Å². The van der Waals surface area contributed by atoms with Crippen LogP contribution in [0.2, 0.25) is 0 Å². The van der Waals surface area contributed by atoms with Crippen LogP contribution in [0.3, 0.4) is 0 Å². The molecule has 0 spiro atoms. The molecule has 17 N–H and O–H groups in total. The Bertz CT molecular complexity index is 1760. The normalized spacial score (nSPS) is 17.1. The Kier molecular flexibility index (Phi) is 24.1. The third-order valence-corrected chi connectivity index (χ3v) is 10.6. The molecule has 1 rings (SSSR count). The summed E-state index contributed by atoms with van der Waals surface area (Å²) in [5.41, 5.74) is 21.7. The Morgan fingerprint density at radius 2 is 1.03 bits per heavy atom. The van der Waals surface area contributed by atoms with Gasteiger partial charge in [0.15, 0.2) is 0 Å². The Hall–Kier alpha value is -6.44. The van der Waals surface area contributed by atoms with Crippen molar-refractivity contribution in [3.05, 3.63) is 0 Å². The van der Waals surface area contributed by atoms with Crippen molar-refractivity contribution in [1.82, 2.24) is 36.8 Å². The predicted molar refractivity (Wildman–Crippen MR) is 225 cm³/mol. The Morgan fingerprint density at radius 1 is 0.600 bits per heavy atom. The van der Waals surface area contributed by atoms with Gasteiger partial charge in [0.25, 0.3) is 0 Å². The Balaban J connectivity index is 3.40. The number of hydrogen-bond acceptors (Lipinski definition) is 14. The molecule has 9 atom stereocenters. The second kappa shape index (κ2) is 27.7. The number of amides is 10. The topological polar surface area (TPSA) is 445 Å². The summed E-state index contributed by atoms with van der Waals surface area (Å²) in [6.07, 6.45) is -3.11. The summed E-state index contributed by atoms with van der Waals surface area (Å²) in [6, 6.07) is -11.7. The number of likely N-dealkylation sites (tertiary alicyclic amines) is 1. The SMILES string of the molecule is CC[C@H](C)[C@H](NC(=O)[C@@H]1CCCN1C(=O)[C@H](CCC(N)=O)NC(=O)[C@H](CO)NC(=O)[C@@H](N)C(C)C)C(=O)N[C@@H](CCC(N)=O)C(=O)N[C@@H](CCC(N)=O)C(=O)N[C@@H](CCC(=O)O)C(=O)O. The van der Waals surface area contributed by atoms with Gasteiger partial charge < -0.3 is 75.1 Å². The van der Waals surface area contributed by atoms with Crippen molar-refractivity contribution in [3.63, 3.8) is 0 Å². The van der Waals surface area contributed by atoms with E-state index in [1.54, 1.807) is 27.7 Å². The molecule has 0 saturated carbocycles. The van der Waals surface area contributed by atoms with Gasteiger partial charge in [0, 0.05) is 32.2 Å². The molecule has 0 aromatic carbocycles. The number of rotatable bonds is 30. The number of nitrogens with zero attached hydrogens (tertiary/aromatic N) is 1. The quantitative estimate of drug-likeness (QED) is 0.0320. The molecule has 0 aromatic rings. The highest BCUT2D eigenvalue weighted by Gasteiger charge is 2.41. The maximum absolute atomic E-state index is 14.0. The van der Waals surface area contributed by atoms with Crippen molar-refractivity contribution in [1.29, 1.82) is 0 Å². The van der Waals surface area contributed by atoms with Crippen molar-refractivity contribution >= 4 is 71.0 Å². The second-order valence-corrected chi connectivity index (χ2v) is 16.1. The number of carbonyl (C=O) groups is 12. The summed E-state index contributed by atoms with van der Waals surface area (Å²) in [5.74, 6) is -13.1. The summed E-state index contributed by atoms with van der Waals surface area (Å²) in [7, 11) is 0. The number of hydrogen-bond donors (Lipinski definition) is 13. The van der Waals surface area contributed by atoms with E-state index in [1.165, 1.54) is 0 Å². The van der Waals surface area contributed by atoms with E-state index in [9.17, 15) is 67.7 Å². The summed E-state index contributed by atoms with van der Waals surface area (Å²) in [6.45, 7) is 5.72. The maximum Gasteiger partial charge on any atom is 0.326 e. The lowest BCUT2D eigenvalue weighted by Crippen LogP contribution is -2.61. The van der Waals surface area contributed by atoms with Gasteiger partial charge in [0.2, 0.25) is 59.1 Å². The number of carboxylic acids is 2. The number of aliphatic hydroxyl groups excluding tert-OH is 1. The first-order chi connectivity index (χ1) is 30.3. The molecular formula is C39H65N11O15. The van der Waals surface area contributed by atoms with Crippen LogP contribution in [-0.2, 0) is 57.5 Å². The van der Waals surface area contributed by atoms with Crippen LogP contribution in [0.4, 0.5) is 0 Å². The fraction of sp³-hybridized carbons (Fsp3) is 0.692. The van der Waals surface area contributed by atoms with E-state index in [-0.39, 0.29) is 44.6 Å². The zero-order chi connectivity index (χ0) is 49.7. The van der Waals surface area contributed by atoms with Crippen LogP contribution in [0.15, 0.2) is 0 Å². The minimum atomic E-state index is -1.71. The Labute approximate surface area is 374 Å². The number of primary amides is 3. The molecule has 10 amide bonds. The molecule has 0 radical (unpaired) electrons. The van der Waals surface area contributed by atoms with E-state index in [2.05, 4.69) is 31.9 Å². The van der Waals surface area contributed by atoms with Gasteiger partial charge in [-0.15, -0.1) is 0 Å². The number of carboxylic acid groups (broad SMARTS) is 2. The maximum atomic E-state index is 14.0. The molecule has 26 nitrogen and oxygen atoms in total. The molecule has 0 bridgehead atoms. The van der Waals surface area contributed by atoms with Crippen molar-refractivity contribution in [3.8, 4) is 0 Å². The molecule has 65 heavy (non-hydrogen) atoms. The monoisotopic (exact) mass is 927 g/mol. The molecule has 0 aliphatic carbocycles. The highest BCUT2D eigenvalue weighted by Crippen LogP contribution is 2.21. The Morgan fingerprint density at radius 3 is 1.48 bits per heavy atom. The molecule has 1 heterocycles. The minimum Gasteiger partial charge on any atom is -0.481 e. The van der Waals surface area contributed by atoms with Crippen molar-refractivity contribution in [2.24, 2.45) is 34.8 Å². The first kappa shape index (κ1) is 56.6. The van der Waals surface area contributed by atoms with Gasteiger partial charge in [-0.05, 0) is 50.4 Å². The molecule has 1 saturated heterocycles. The number of nitrogens with two attached hydrogens (primary N) is 4. The van der Waals surface area contributed by atoms with Crippen molar-refractivity contribution < 1.29 is 72.9 Å². The standard InChI is InChI=1S/C39H65N11O15/c1-5-19(4)31(37(62)45-21(9-13-27(41)53)32(57)44-20(8-12-26(40)52)33(58)47-23(39(64)65)11-15-29(55)56)49-35(60)25-7-6-16-50(25)38(63)22(10-14-28(42)54)46-34(59)24(17-51)48-36(61)30(43)18(2)3/h18-25,30-31,51H,5-17,43H2,1-4H3,(H2,40,52)(H2,41,53)(H2,42,54)(H,44,57)(H,45,62)(H,46,59)(H,47,58)(H,48,61)(H,49,60)(H,55,56)(H,64,65)/t19-,20-,21-,22-,23-,24-,25-,30-,31-/m0/s1. The summed E-state index contributed by atoms with van der Waals surface area (Å²) < 4.78 is 0. The molecule has 1 aliphatic rings. The molecule has 1 aliphatic heterocycles. The van der Waals surface area contributed by atoms with Crippen molar-refractivity contribution in [2.45, 2.75) is 147 Å². The van der Waals surface area contributed by atoms with Crippen LogP contribution in [0.25, 0.3) is 0 Å². The summed E-state index contributed by atoms with van der Waals surface area (Å²) >= 11 is 0. The molecular weight excluding hydrogens is 862 g/mol. The number of aliphatic carboxylic acids is 2. The zero-order valence-electron chi connectivity index (χ0n) is 37.0.